The third kappa shape index (κ3) is 2.71. The van der Waals surface area contributed by atoms with Gasteiger partial charge in [-0.25, -0.2) is 9.18 Å². The lowest BCUT2D eigenvalue weighted by atomic mass is 10.2. The van der Waals surface area contributed by atoms with E-state index in [9.17, 15) is 9.18 Å². The number of methoxy groups -OCH3 is 2. The molecule has 0 saturated carbocycles. The number of rotatable bonds is 1. The Kier molecular flexibility index (Phi) is 3.69. The van der Waals surface area contributed by atoms with Gasteiger partial charge in [0, 0.05) is 5.92 Å². The van der Waals surface area contributed by atoms with Crippen molar-refractivity contribution in [3.05, 3.63) is 29.6 Å². The number of hydrogen-bond acceptors (Lipinski definition) is 3. The smallest absolute Gasteiger partial charge is 0.384 e. The van der Waals surface area contributed by atoms with Crippen molar-refractivity contribution in [2.45, 2.75) is 0 Å². The van der Waals surface area contributed by atoms with Gasteiger partial charge < -0.3 is 9.47 Å². The zero-order valence-electron chi connectivity index (χ0n) is 8.33. The zero-order valence-corrected chi connectivity index (χ0v) is 8.33. The highest BCUT2D eigenvalue weighted by Crippen LogP contribution is 2.20. The summed E-state index contributed by atoms with van der Waals surface area (Å²) in [6, 6.07) is 4.29. The Bertz CT molecular complexity index is 429. The van der Waals surface area contributed by atoms with Gasteiger partial charge in [-0.2, -0.15) is 0 Å². The molecule has 0 aliphatic heterocycles. The van der Waals surface area contributed by atoms with Crippen molar-refractivity contribution in [2.24, 2.45) is 0 Å². The van der Waals surface area contributed by atoms with Crippen LogP contribution in [0.1, 0.15) is 5.56 Å². The first-order valence-corrected chi connectivity index (χ1v) is 4.11. The standard InChI is InChI=1S/C11H9FO3/c1-14-10(13)7-6-8-4-3-5-9(12)11(8)15-2/h3-5H,1-2H3. The van der Waals surface area contributed by atoms with Gasteiger partial charge >= 0.3 is 5.97 Å². The fourth-order valence-electron chi connectivity index (χ4n) is 0.984. The maximum absolute atomic E-state index is 13.1. The highest BCUT2D eigenvalue weighted by Gasteiger charge is 2.06. The molecular weight excluding hydrogens is 199 g/mol. The number of carbonyl (C=O) groups is 1. The third-order valence-electron chi connectivity index (χ3n) is 1.66. The molecule has 0 aromatic heterocycles. The summed E-state index contributed by atoms with van der Waals surface area (Å²) < 4.78 is 22.3. The molecule has 1 aromatic rings. The van der Waals surface area contributed by atoms with E-state index in [1.165, 1.54) is 26.4 Å². The van der Waals surface area contributed by atoms with Gasteiger partial charge in [-0.15, -0.1) is 0 Å². The van der Waals surface area contributed by atoms with Crippen LogP contribution in [0.3, 0.4) is 0 Å². The minimum absolute atomic E-state index is 0.0221. The van der Waals surface area contributed by atoms with Gasteiger partial charge in [0.05, 0.1) is 19.8 Å². The monoisotopic (exact) mass is 208 g/mol. The summed E-state index contributed by atoms with van der Waals surface area (Å²) in [5.41, 5.74) is 0.308. The van der Waals surface area contributed by atoms with E-state index in [1.54, 1.807) is 6.07 Å². The lowest BCUT2D eigenvalue weighted by Gasteiger charge is -2.02. The van der Waals surface area contributed by atoms with Crippen LogP contribution in [0.2, 0.25) is 0 Å². The molecule has 0 aliphatic carbocycles. The average Bonchev–Trinajstić information content (AvgIpc) is 2.25. The molecule has 0 heterocycles. The number of ether oxygens (including phenoxy) is 2. The minimum Gasteiger partial charge on any atom is -0.492 e. The van der Waals surface area contributed by atoms with E-state index in [0.29, 0.717) is 5.56 Å². The van der Waals surface area contributed by atoms with E-state index in [1.807, 2.05) is 0 Å². The lowest BCUT2D eigenvalue weighted by molar-refractivity contribution is -0.133. The van der Waals surface area contributed by atoms with Gasteiger partial charge in [0.2, 0.25) is 0 Å². The highest BCUT2D eigenvalue weighted by atomic mass is 19.1. The highest BCUT2D eigenvalue weighted by molar-refractivity contribution is 5.89. The van der Waals surface area contributed by atoms with E-state index in [2.05, 4.69) is 16.6 Å². The molecule has 0 radical (unpaired) electrons. The van der Waals surface area contributed by atoms with Gasteiger partial charge in [-0.3, -0.25) is 0 Å². The van der Waals surface area contributed by atoms with E-state index in [-0.39, 0.29) is 5.75 Å². The Hall–Kier alpha value is -2.02. The Labute approximate surface area is 86.8 Å². The Morgan fingerprint density at radius 3 is 2.73 bits per heavy atom. The molecule has 0 N–H and O–H groups in total. The molecule has 0 amide bonds. The van der Waals surface area contributed by atoms with Crippen LogP contribution in [0.5, 0.6) is 5.75 Å². The van der Waals surface area contributed by atoms with Crippen LogP contribution < -0.4 is 4.74 Å². The molecule has 0 aliphatic rings. The molecule has 0 unspecified atom stereocenters. The average molecular weight is 208 g/mol. The molecule has 0 saturated heterocycles. The number of carbonyl (C=O) groups excluding carboxylic acids is 1. The second-order valence-electron chi connectivity index (χ2n) is 2.56. The molecule has 0 atom stereocenters. The van der Waals surface area contributed by atoms with Crippen LogP contribution >= 0.6 is 0 Å². The number of benzene rings is 1. The predicted octanol–water partition coefficient (Wildman–Crippen LogP) is 1.36. The van der Waals surface area contributed by atoms with E-state index in [0.717, 1.165) is 0 Å². The quantitative estimate of drug-likeness (QED) is 0.516. The third-order valence-corrected chi connectivity index (χ3v) is 1.66. The molecule has 3 nitrogen and oxygen atoms in total. The summed E-state index contributed by atoms with van der Waals surface area (Å²) in [5, 5.41) is 0. The van der Waals surface area contributed by atoms with Crippen molar-refractivity contribution in [1.82, 2.24) is 0 Å². The van der Waals surface area contributed by atoms with Crippen molar-refractivity contribution >= 4 is 5.97 Å². The molecule has 78 valence electrons. The summed E-state index contributed by atoms with van der Waals surface area (Å²) in [5.74, 6) is 3.48. The Balaban J connectivity index is 3.08. The zero-order chi connectivity index (χ0) is 11.3. The van der Waals surface area contributed by atoms with E-state index < -0.39 is 11.8 Å². The molecule has 15 heavy (non-hydrogen) atoms. The SMILES string of the molecule is COC(=O)C#Cc1cccc(F)c1OC. The van der Waals surface area contributed by atoms with Crippen LogP contribution in [0.15, 0.2) is 18.2 Å². The van der Waals surface area contributed by atoms with Crippen LogP contribution in [0.25, 0.3) is 0 Å². The molecule has 1 rings (SSSR count). The number of hydrogen-bond donors (Lipinski definition) is 0. The largest absolute Gasteiger partial charge is 0.492 e. The van der Waals surface area contributed by atoms with Gasteiger partial charge in [0.15, 0.2) is 11.6 Å². The normalized spacial score (nSPS) is 8.73. The Morgan fingerprint density at radius 2 is 2.13 bits per heavy atom. The van der Waals surface area contributed by atoms with E-state index in [4.69, 9.17) is 4.74 Å². The first-order chi connectivity index (χ1) is 7.19. The second-order valence-corrected chi connectivity index (χ2v) is 2.56. The van der Waals surface area contributed by atoms with Crippen LogP contribution in [-0.2, 0) is 9.53 Å². The molecule has 4 heteroatoms. The molecule has 0 bridgehead atoms. The topological polar surface area (TPSA) is 35.5 Å². The number of halogens is 1. The van der Waals surface area contributed by atoms with Gasteiger partial charge in [-0.05, 0) is 12.1 Å². The molecular formula is C11H9FO3. The molecule has 0 fully saturated rings. The summed E-state index contributed by atoms with van der Waals surface area (Å²) in [6.07, 6.45) is 0. The van der Waals surface area contributed by atoms with E-state index >= 15 is 0 Å². The summed E-state index contributed by atoms with van der Waals surface area (Å²) in [6.45, 7) is 0. The number of para-hydroxylation sites is 1. The molecule has 1 aromatic carbocycles. The lowest BCUT2D eigenvalue weighted by Crippen LogP contribution is -1.96. The first-order valence-electron chi connectivity index (χ1n) is 4.11. The van der Waals surface area contributed by atoms with Crippen molar-refractivity contribution in [3.63, 3.8) is 0 Å². The first kappa shape index (κ1) is 11.1. The van der Waals surface area contributed by atoms with Crippen molar-refractivity contribution in [2.75, 3.05) is 14.2 Å². The van der Waals surface area contributed by atoms with Gasteiger partial charge in [0.25, 0.3) is 0 Å². The molecule has 0 spiro atoms. The predicted molar refractivity (Wildman–Crippen MR) is 51.8 cm³/mol. The van der Waals surface area contributed by atoms with Crippen LogP contribution in [-0.4, -0.2) is 20.2 Å². The van der Waals surface area contributed by atoms with Crippen molar-refractivity contribution in [3.8, 4) is 17.6 Å². The van der Waals surface area contributed by atoms with Crippen molar-refractivity contribution in [1.29, 1.82) is 0 Å². The Morgan fingerprint density at radius 1 is 1.40 bits per heavy atom. The van der Waals surface area contributed by atoms with Gasteiger partial charge in [0.1, 0.15) is 0 Å². The van der Waals surface area contributed by atoms with Crippen LogP contribution in [0.4, 0.5) is 4.39 Å². The van der Waals surface area contributed by atoms with Crippen molar-refractivity contribution < 1.29 is 18.7 Å². The fraction of sp³-hybridized carbons (Fsp3) is 0.182. The fourth-order valence-corrected chi connectivity index (χ4v) is 0.984. The second kappa shape index (κ2) is 5.01. The summed E-state index contributed by atoms with van der Waals surface area (Å²) in [7, 11) is 2.56. The van der Waals surface area contributed by atoms with Gasteiger partial charge in [-0.1, -0.05) is 12.0 Å². The summed E-state index contributed by atoms with van der Waals surface area (Å²) in [4.78, 5) is 10.7. The maximum atomic E-state index is 13.1. The summed E-state index contributed by atoms with van der Waals surface area (Å²) >= 11 is 0. The number of esters is 1. The minimum atomic E-state index is -0.679. The van der Waals surface area contributed by atoms with Crippen LogP contribution in [0, 0.1) is 17.7 Å². The maximum Gasteiger partial charge on any atom is 0.384 e.